The molecule has 0 fully saturated rings. The van der Waals surface area contributed by atoms with Crippen molar-refractivity contribution >= 4 is 5.65 Å². The van der Waals surface area contributed by atoms with Crippen LogP contribution >= 0.6 is 0 Å². The van der Waals surface area contributed by atoms with Gasteiger partial charge in [0.15, 0.2) is 5.65 Å². The average molecular weight is 207 g/mol. The molecule has 80 valence electrons. The molecule has 0 aliphatic heterocycles. The van der Waals surface area contributed by atoms with Crippen LogP contribution in [0, 0.1) is 0 Å². The molecule has 2 heterocycles. The zero-order chi connectivity index (χ0) is 10.8. The molecule has 0 bridgehead atoms. The number of hydrogen-bond acceptors (Lipinski definition) is 4. The van der Waals surface area contributed by atoms with Gasteiger partial charge in [-0.3, -0.25) is 4.98 Å². The summed E-state index contributed by atoms with van der Waals surface area (Å²) in [5, 5.41) is 4.12. The van der Waals surface area contributed by atoms with Crippen LogP contribution in [0.1, 0.15) is 13.3 Å². The van der Waals surface area contributed by atoms with E-state index < -0.39 is 0 Å². The predicted molar refractivity (Wildman–Crippen MR) is 55.5 cm³/mol. The molecule has 15 heavy (non-hydrogen) atoms. The van der Waals surface area contributed by atoms with Crippen LogP contribution in [0.2, 0.25) is 0 Å². The maximum Gasteiger partial charge on any atom is 0.350 e. The first-order valence-corrected chi connectivity index (χ1v) is 4.87. The number of aromatic nitrogens is 4. The van der Waals surface area contributed by atoms with Crippen molar-refractivity contribution < 1.29 is 0 Å². The minimum Gasteiger partial charge on any atom is -0.326 e. The number of nitrogens with two attached hydrogens (primary N) is 1. The van der Waals surface area contributed by atoms with Gasteiger partial charge in [0.2, 0.25) is 0 Å². The Labute approximate surface area is 86.3 Å². The SMILES string of the molecule is CCC(N)Cn1nc2cnccn2c1=O. The van der Waals surface area contributed by atoms with E-state index >= 15 is 0 Å². The van der Waals surface area contributed by atoms with Crippen molar-refractivity contribution in [1.82, 2.24) is 19.2 Å². The molecule has 0 amide bonds. The van der Waals surface area contributed by atoms with Gasteiger partial charge in [0.1, 0.15) is 0 Å². The third-order valence-electron chi connectivity index (χ3n) is 2.32. The molecule has 1 atom stereocenters. The smallest absolute Gasteiger partial charge is 0.326 e. The molecule has 0 aliphatic carbocycles. The number of fused-ring (bicyclic) bond motifs is 1. The Kier molecular flexibility index (Phi) is 2.51. The van der Waals surface area contributed by atoms with Gasteiger partial charge < -0.3 is 5.73 Å². The van der Waals surface area contributed by atoms with Gasteiger partial charge in [0, 0.05) is 18.4 Å². The van der Waals surface area contributed by atoms with Gasteiger partial charge >= 0.3 is 5.69 Å². The van der Waals surface area contributed by atoms with E-state index in [4.69, 9.17) is 5.73 Å². The Bertz CT molecular complexity index is 514. The molecule has 0 aromatic carbocycles. The van der Waals surface area contributed by atoms with Crippen molar-refractivity contribution in [2.24, 2.45) is 5.73 Å². The van der Waals surface area contributed by atoms with Gasteiger partial charge in [0.05, 0.1) is 12.7 Å². The van der Waals surface area contributed by atoms with Crippen molar-refractivity contribution in [2.75, 3.05) is 0 Å². The average Bonchev–Trinajstić information content (AvgIpc) is 2.57. The molecular weight excluding hydrogens is 194 g/mol. The zero-order valence-corrected chi connectivity index (χ0v) is 8.50. The molecule has 6 heteroatoms. The molecule has 0 spiro atoms. The lowest BCUT2D eigenvalue weighted by Crippen LogP contribution is -2.31. The summed E-state index contributed by atoms with van der Waals surface area (Å²) < 4.78 is 2.83. The van der Waals surface area contributed by atoms with E-state index in [0.29, 0.717) is 12.2 Å². The number of hydrogen-bond donors (Lipinski definition) is 1. The summed E-state index contributed by atoms with van der Waals surface area (Å²) in [5.74, 6) is 0. The Balaban J connectivity index is 2.45. The molecule has 6 nitrogen and oxygen atoms in total. The summed E-state index contributed by atoms with van der Waals surface area (Å²) in [4.78, 5) is 15.7. The third-order valence-corrected chi connectivity index (χ3v) is 2.32. The molecule has 0 saturated carbocycles. The topological polar surface area (TPSA) is 78.2 Å². The largest absolute Gasteiger partial charge is 0.350 e. The van der Waals surface area contributed by atoms with Crippen molar-refractivity contribution in [3.63, 3.8) is 0 Å². The second kappa shape index (κ2) is 3.82. The fourth-order valence-electron chi connectivity index (χ4n) is 1.35. The van der Waals surface area contributed by atoms with Crippen LogP contribution in [-0.4, -0.2) is 25.2 Å². The molecule has 0 saturated heterocycles. The Morgan fingerprint density at radius 3 is 3.07 bits per heavy atom. The minimum atomic E-state index is -0.170. The third kappa shape index (κ3) is 1.75. The molecule has 2 rings (SSSR count). The highest BCUT2D eigenvalue weighted by molar-refractivity contribution is 5.31. The van der Waals surface area contributed by atoms with Crippen LogP contribution in [0.3, 0.4) is 0 Å². The zero-order valence-electron chi connectivity index (χ0n) is 8.50. The van der Waals surface area contributed by atoms with Gasteiger partial charge in [0.25, 0.3) is 0 Å². The molecule has 2 aromatic heterocycles. The van der Waals surface area contributed by atoms with Gasteiger partial charge in [-0.15, -0.1) is 5.10 Å². The minimum absolute atomic E-state index is 0.0411. The lowest BCUT2D eigenvalue weighted by atomic mass is 10.2. The monoisotopic (exact) mass is 207 g/mol. The highest BCUT2D eigenvalue weighted by Gasteiger charge is 2.08. The van der Waals surface area contributed by atoms with Crippen molar-refractivity contribution in [1.29, 1.82) is 0 Å². The van der Waals surface area contributed by atoms with Crippen LogP contribution in [0.25, 0.3) is 5.65 Å². The molecule has 2 N–H and O–H groups in total. The van der Waals surface area contributed by atoms with Gasteiger partial charge in [-0.1, -0.05) is 6.92 Å². The van der Waals surface area contributed by atoms with Crippen LogP contribution in [0.5, 0.6) is 0 Å². The highest BCUT2D eigenvalue weighted by Crippen LogP contribution is 1.94. The summed E-state index contributed by atoms with van der Waals surface area (Å²) in [5.41, 5.74) is 6.15. The Morgan fingerprint density at radius 1 is 1.60 bits per heavy atom. The van der Waals surface area contributed by atoms with Crippen LogP contribution in [-0.2, 0) is 6.54 Å². The van der Waals surface area contributed by atoms with E-state index in [1.165, 1.54) is 9.08 Å². The van der Waals surface area contributed by atoms with Crippen molar-refractivity contribution in [3.05, 3.63) is 29.1 Å². The maximum absolute atomic E-state index is 11.8. The van der Waals surface area contributed by atoms with E-state index in [1.807, 2.05) is 6.92 Å². The summed E-state index contributed by atoms with van der Waals surface area (Å²) in [6, 6.07) is -0.0411. The second-order valence-electron chi connectivity index (χ2n) is 3.44. The first kappa shape index (κ1) is 9.85. The predicted octanol–water partition coefficient (Wildman–Crippen LogP) is -0.372. The summed E-state index contributed by atoms with van der Waals surface area (Å²) in [7, 11) is 0. The van der Waals surface area contributed by atoms with Crippen LogP contribution in [0.15, 0.2) is 23.4 Å². The molecule has 2 aromatic rings. The second-order valence-corrected chi connectivity index (χ2v) is 3.44. The summed E-state index contributed by atoms with van der Waals surface area (Å²) in [6.07, 6.45) is 5.52. The summed E-state index contributed by atoms with van der Waals surface area (Å²) in [6.45, 7) is 2.42. The first-order valence-electron chi connectivity index (χ1n) is 4.87. The maximum atomic E-state index is 11.8. The fourth-order valence-corrected chi connectivity index (χ4v) is 1.35. The lowest BCUT2D eigenvalue weighted by molar-refractivity contribution is 0.488. The Hall–Kier alpha value is -1.69. The molecule has 0 radical (unpaired) electrons. The van der Waals surface area contributed by atoms with E-state index in [1.54, 1.807) is 18.6 Å². The molecule has 1 unspecified atom stereocenters. The van der Waals surface area contributed by atoms with Crippen molar-refractivity contribution in [3.8, 4) is 0 Å². The molecule has 0 aliphatic rings. The van der Waals surface area contributed by atoms with Gasteiger partial charge in [-0.05, 0) is 6.42 Å². The van der Waals surface area contributed by atoms with Crippen LogP contribution in [0.4, 0.5) is 0 Å². The lowest BCUT2D eigenvalue weighted by Gasteiger charge is -2.05. The van der Waals surface area contributed by atoms with E-state index in [-0.39, 0.29) is 11.7 Å². The Morgan fingerprint density at radius 2 is 2.40 bits per heavy atom. The quantitative estimate of drug-likeness (QED) is 0.744. The van der Waals surface area contributed by atoms with Crippen molar-refractivity contribution in [2.45, 2.75) is 25.9 Å². The number of rotatable bonds is 3. The normalized spacial score (nSPS) is 13.2. The highest BCUT2D eigenvalue weighted by atomic mass is 16.2. The van der Waals surface area contributed by atoms with Gasteiger partial charge in [-0.25, -0.2) is 13.9 Å². The van der Waals surface area contributed by atoms with E-state index in [0.717, 1.165) is 6.42 Å². The molecular formula is C9H13N5O. The number of nitrogens with zero attached hydrogens (tertiary/aromatic N) is 4. The standard InChI is InChI=1S/C9H13N5O/c1-2-7(10)6-14-9(15)13-4-3-11-5-8(13)12-14/h3-5,7H,2,6,10H2,1H3. The fraction of sp³-hybridized carbons (Fsp3) is 0.444. The van der Waals surface area contributed by atoms with Gasteiger partial charge in [-0.2, -0.15) is 0 Å². The first-order chi connectivity index (χ1) is 7.22. The van der Waals surface area contributed by atoms with E-state index in [9.17, 15) is 4.79 Å². The van der Waals surface area contributed by atoms with E-state index in [2.05, 4.69) is 10.1 Å². The van der Waals surface area contributed by atoms with Crippen LogP contribution < -0.4 is 11.4 Å². The summed E-state index contributed by atoms with van der Waals surface area (Å²) >= 11 is 0.